The van der Waals surface area contributed by atoms with Crippen molar-refractivity contribution in [3.8, 4) is 11.8 Å². The van der Waals surface area contributed by atoms with Crippen molar-refractivity contribution in [3.05, 3.63) is 40.2 Å². The average molecular weight is 187 g/mol. The zero-order valence-corrected chi connectivity index (χ0v) is 7.02. The Balaban J connectivity index is 2.93. The van der Waals surface area contributed by atoms with E-state index in [2.05, 4.69) is 0 Å². The lowest BCUT2D eigenvalue weighted by Gasteiger charge is -1.96. The molecule has 0 fully saturated rings. The van der Waals surface area contributed by atoms with Gasteiger partial charge in [0.25, 0.3) is 0 Å². The number of benzene rings is 1. The van der Waals surface area contributed by atoms with Crippen LogP contribution in [0.1, 0.15) is 5.56 Å². The summed E-state index contributed by atoms with van der Waals surface area (Å²) < 4.78 is 5.01. The van der Waals surface area contributed by atoms with Gasteiger partial charge in [-0.1, -0.05) is 0 Å². The van der Waals surface area contributed by atoms with Gasteiger partial charge in [0.2, 0.25) is 5.43 Å². The molecule has 0 atom stereocenters. The molecule has 0 aliphatic heterocycles. The van der Waals surface area contributed by atoms with Gasteiger partial charge in [-0.05, 0) is 12.1 Å². The number of rotatable bonds is 0. The highest BCUT2D eigenvalue weighted by molar-refractivity contribution is 5.78. The summed E-state index contributed by atoms with van der Waals surface area (Å²) in [5, 5.41) is 18.0. The summed E-state index contributed by atoms with van der Waals surface area (Å²) in [6.07, 6.45) is 1.09. The van der Waals surface area contributed by atoms with Crippen LogP contribution in [-0.2, 0) is 0 Å². The molecule has 68 valence electrons. The largest absolute Gasteiger partial charge is 0.508 e. The Labute approximate surface area is 78.6 Å². The van der Waals surface area contributed by atoms with Crippen molar-refractivity contribution >= 4 is 11.0 Å². The van der Waals surface area contributed by atoms with Gasteiger partial charge in [0.15, 0.2) is 0 Å². The maximum absolute atomic E-state index is 11.5. The molecule has 1 aromatic carbocycles. The van der Waals surface area contributed by atoms with Gasteiger partial charge >= 0.3 is 0 Å². The maximum atomic E-state index is 11.5. The summed E-state index contributed by atoms with van der Waals surface area (Å²) in [5.74, 6) is 0.0188. The molecule has 0 spiro atoms. The van der Waals surface area contributed by atoms with Crippen LogP contribution >= 0.6 is 0 Å². The highest BCUT2D eigenvalue weighted by atomic mass is 16.3. The van der Waals surface area contributed by atoms with E-state index in [1.165, 1.54) is 18.2 Å². The van der Waals surface area contributed by atoms with E-state index in [1.807, 2.05) is 0 Å². The van der Waals surface area contributed by atoms with Gasteiger partial charge in [-0.25, -0.2) is 0 Å². The minimum Gasteiger partial charge on any atom is -0.508 e. The van der Waals surface area contributed by atoms with Crippen molar-refractivity contribution in [1.82, 2.24) is 0 Å². The Bertz CT molecular complexity index is 592. The summed E-state index contributed by atoms with van der Waals surface area (Å²) in [7, 11) is 0. The van der Waals surface area contributed by atoms with Gasteiger partial charge in [0.1, 0.15) is 29.2 Å². The minimum atomic E-state index is -0.381. The van der Waals surface area contributed by atoms with E-state index in [-0.39, 0.29) is 22.3 Å². The van der Waals surface area contributed by atoms with E-state index < -0.39 is 0 Å². The van der Waals surface area contributed by atoms with Crippen molar-refractivity contribution < 1.29 is 9.52 Å². The normalized spacial score (nSPS) is 9.93. The van der Waals surface area contributed by atoms with Crippen LogP contribution in [-0.4, -0.2) is 5.11 Å². The summed E-state index contributed by atoms with van der Waals surface area (Å²) in [4.78, 5) is 11.5. The molecule has 2 aromatic rings. The van der Waals surface area contributed by atoms with E-state index in [4.69, 9.17) is 14.8 Å². The molecule has 14 heavy (non-hydrogen) atoms. The first-order valence-electron chi connectivity index (χ1n) is 3.87. The summed E-state index contributed by atoms with van der Waals surface area (Å²) in [6, 6.07) is 5.87. The predicted molar refractivity (Wildman–Crippen MR) is 48.9 cm³/mol. The Kier molecular flexibility index (Phi) is 1.72. The number of phenols is 1. The number of nitrogens with zero attached hydrogens (tertiary/aromatic N) is 1. The van der Waals surface area contributed by atoms with Gasteiger partial charge in [-0.15, -0.1) is 0 Å². The summed E-state index contributed by atoms with van der Waals surface area (Å²) >= 11 is 0. The zero-order chi connectivity index (χ0) is 10.1. The molecule has 2 rings (SSSR count). The molecule has 0 aliphatic carbocycles. The molecule has 0 saturated carbocycles. The van der Waals surface area contributed by atoms with E-state index in [1.54, 1.807) is 6.07 Å². The number of hydrogen-bond donors (Lipinski definition) is 1. The zero-order valence-electron chi connectivity index (χ0n) is 7.02. The smallest absolute Gasteiger partial charge is 0.210 e. The third kappa shape index (κ3) is 1.12. The molecule has 4 heteroatoms. The number of fused-ring (bicyclic) bond motifs is 1. The van der Waals surface area contributed by atoms with Crippen LogP contribution in [0.2, 0.25) is 0 Å². The first-order valence-corrected chi connectivity index (χ1v) is 3.87. The van der Waals surface area contributed by atoms with E-state index in [0.29, 0.717) is 5.39 Å². The van der Waals surface area contributed by atoms with Crippen LogP contribution in [0.4, 0.5) is 0 Å². The molecule has 1 aromatic heterocycles. The van der Waals surface area contributed by atoms with Crippen LogP contribution in [0.5, 0.6) is 5.75 Å². The number of phenolic OH excluding ortho intramolecular Hbond substituents is 1. The third-order valence-corrected chi connectivity index (χ3v) is 1.88. The van der Waals surface area contributed by atoms with Gasteiger partial charge in [0, 0.05) is 6.07 Å². The van der Waals surface area contributed by atoms with Crippen LogP contribution in [0.3, 0.4) is 0 Å². The van der Waals surface area contributed by atoms with Crippen molar-refractivity contribution in [2.24, 2.45) is 0 Å². The first kappa shape index (κ1) is 8.32. The lowest BCUT2D eigenvalue weighted by molar-refractivity contribution is 0.474. The van der Waals surface area contributed by atoms with Gasteiger partial charge in [-0.3, -0.25) is 4.79 Å². The molecule has 0 unspecified atom stereocenters. The second-order valence-corrected chi connectivity index (χ2v) is 2.77. The molecule has 0 bridgehead atoms. The van der Waals surface area contributed by atoms with Crippen LogP contribution < -0.4 is 5.43 Å². The molecule has 0 amide bonds. The van der Waals surface area contributed by atoms with E-state index in [0.717, 1.165) is 6.26 Å². The van der Waals surface area contributed by atoms with Crippen LogP contribution in [0, 0.1) is 11.3 Å². The molecule has 0 aliphatic rings. The van der Waals surface area contributed by atoms with Crippen molar-refractivity contribution in [1.29, 1.82) is 5.26 Å². The number of aromatic hydroxyl groups is 1. The van der Waals surface area contributed by atoms with E-state index >= 15 is 0 Å². The first-order chi connectivity index (χ1) is 6.72. The second-order valence-electron chi connectivity index (χ2n) is 2.77. The highest BCUT2D eigenvalue weighted by Crippen LogP contribution is 2.17. The maximum Gasteiger partial charge on any atom is 0.210 e. The molecular formula is C10H5NO3. The second kappa shape index (κ2) is 2.89. The lowest BCUT2D eigenvalue weighted by atomic mass is 10.2. The van der Waals surface area contributed by atoms with Crippen LogP contribution in [0.15, 0.2) is 33.7 Å². The van der Waals surface area contributed by atoms with Crippen LogP contribution in [0.25, 0.3) is 11.0 Å². The van der Waals surface area contributed by atoms with Crippen molar-refractivity contribution in [3.63, 3.8) is 0 Å². The monoisotopic (exact) mass is 187 g/mol. The van der Waals surface area contributed by atoms with Gasteiger partial charge in [-0.2, -0.15) is 5.26 Å². The molecule has 1 N–H and O–H groups in total. The molecule has 4 nitrogen and oxygen atoms in total. The standard InChI is InChI=1S/C10H5NO3/c11-4-6-5-14-9-3-7(12)1-2-8(9)10(6)13/h1-3,5,12H. The third-order valence-electron chi connectivity index (χ3n) is 1.88. The summed E-state index contributed by atoms with van der Waals surface area (Å²) in [6.45, 7) is 0. The van der Waals surface area contributed by atoms with Crippen molar-refractivity contribution in [2.75, 3.05) is 0 Å². The fraction of sp³-hybridized carbons (Fsp3) is 0. The number of nitriles is 1. The molecular weight excluding hydrogens is 182 g/mol. The minimum absolute atomic E-state index is 0.0188. The average Bonchev–Trinajstić information content (AvgIpc) is 2.18. The predicted octanol–water partition coefficient (Wildman–Crippen LogP) is 1.37. The topological polar surface area (TPSA) is 74.2 Å². The Morgan fingerprint density at radius 2 is 2.21 bits per heavy atom. The van der Waals surface area contributed by atoms with Gasteiger partial charge in [0.05, 0.1) is 5.39 Å². The quantitative estimate of drug-likeness (QED) is 0.675. The summed E-state index contributed by atoms with van der Waals surface area (Å²) in [5.41, 5.74) is -0.147. The lowest BCUT2D eigenvalue weighted by Crippen LogP contribution is -2.04. The molecule has 0 saturated heterocycles. The Morgan fingerprint density at radius 1 is 1.43 bits per heavy atom. The number of hydrogen-bond acceptors (Lipinski definition) is 4. The van der Waals surface area contributed by atoms with Gasteiger partial charge < -0.3 is 9.52 Å². The molecule has 0 radical (unpaired) electrons. The van der Waals surface area contributed by atoms with E-state index in [9.17, 15) is 4.79 Å². The SMILES string of the molecule is N#Cc1coc2cc(O)ccc2c1=O. The molecule has 1 heterocycles. The Hall–Kier alpha value is -2.28. The fourth-order valence-corrected chi connectivity index (χ4v) is 1.19. The fourth-order valence-electron chi connectivity index (χ4n) is 1.19. The van der Waals surface area contributed by atoms with Crippen molar-refractivity contribution in [2.45, 2.75) is 0 Å². The highest BCUT2D eigenvalue weighted by Gasteiger charge is 2.06. The Morgan fingerprint density at radius 3 is 2.93 bits per heavy atom.